The summed E-state index contributed by atoms with van der Waals surface area (Å²) in [4.78, 5) is 44.2. The van der Waals surface area contributed by atoms with Gasteiger partial charge >= 0.3 is 0 Å². The molecule has 330 valence electrons. The van der Waals surface area contributed by atoms with Crippen LogP contribution in [0, 0.1) is 0 Å². The molecular formula is C52H58N8S4. The number of hydrogen-bond acceptors (Lipinski definition) is 10. The zero-order valence-corrected chi connectivity index (χ0v) is 40.8. The third-order valence-corrected chi connectivity index (χ3v) is 16.1. The Morgan fingerprint density at radius 3 is 1.00 bits per heavy atom. The molecule has 0 fully saturated rings. The van der Waals surface area contributed by atoms with Gasteiger partial charge in [-0.25, -0.2) is 29.9 Å². The molecule has 2 aliphatic rings. The summed E-state index contributed by atoms with van der Waals surface area (Å²) in [5.41, 5.74) is 6.80. The van der Waals surface area contributed by atoms with E-state index in [4.69, 9.17) is 29.9 Å². The van der Waals surface area contributed by atoms with Crippen molar-refractivity contribution in [3.05, 3.63) is 72.8 Å². The highest BCUT2D eigenvalue weighted by Gasteiger charge is 2.24. The Hall–Kier alpha value is -4.36. The highest BCUT2D eigenvalue weighted by molar-refractivity contribution is 8.00. The summed E-state index contributed by atoms with van der Waals surface area (Å²) in [5, 5.41) is 4.01. The fourth-order valence-corrected chi connectivity index (χ4v) is 12.0. The SMILES string of the molecule is CCCCCSc1ccc2c(c1)-c1nc-2nc2[nH]c(nc3nc(nc4[nH]c(n1)c1ccc(SCCCCC)cc41)-c1cc(SCCCCC)ccc1-3)c1ccc(SCCCCC)cc21. The largest absolute Gasteiger partial charge is 0.324 e. The quantitative estimate of drug-likeness (QED) is 0.0566. The van der Waals surface area contributed by atoms with Gasteiger partial charge in [0.05, 0.1) is 0 Å². The van der Waals surface area contributed by atoms with Crippen LogP contribution in [0.15, 0.2) is 92.4 Å². The van der Waals surface area contributed by atoms with Crippen LogP contribution < -0.4 is 0 Å². The lowest BCUT2D eigenvalue weighted by Crippen LogP contribution is -1.85. The summed E-state index contributed by atoms with van der Waals surface area (Å²) < 4.78 is 0. The monoisotopic (exact) mass is 922 g/mol. The van der Waals surface area contributed by atoms with Crippen LogP contribution in [-0.2, 0) is 0 Å². The number of unbranched alkanes of at least 4 members (excludes halogenated alkanes) is 8. The van der Waals surface area contributed by atoms with Crippen molar-refractivity contribution in [2.45, 2.75) is 124 Å². The lowest BCUT2D eigenvalue weighted by Gasteiger charge is -2.04. The number of nitrogens with zero attached hydrogens (tertiary/aromatic N) is 6. The van der Waals surface area contributed by atoms with Crippen molar-refractivity contribution in [3.63, 3.8) is 0 Å². The summed E-state index contributed by atoms with van der Waals surface area (Å²) >= 11 is 7.60. The number of hydrogen-bond donors (Lipinski definition) is 2. The normalized spacial score (nSPS) is 12.1. The van der Waals surface area contributed by atoms with E-state index < -0.39 is 0 Å². The number of aromatic nitrogens is 8. The Kier molecular flexibility index (Phi) is 14.9. The number of H-pyrrole nitrogens is 2. The lowest BCUT2D eigenvalue weighted by atomic mass is 10.1. The minimum Gasteiger partial charge on any atom is -0.324 e. The van der Waals surface area contributed by atoms with Gasteiger partial charge in [0, 0.05) is 63.4 Å². The summed E-state index contributed by atoms with van der Waals surface area (Å²) in [5.74, 6) is 6.86. The van der Waals surface area contributed by atoms with Gasteiger partial charge in [0.25, 0.3) is 0 Å². The molecule has 0 spiro atoms. The molecule has 8 nitrogen and oxygen atoms in total. The van der Waals surface area contributed by atoms with Gasteiger partial charge in [-0.1, -0.05) is 79.1 Å². The Labute approximate surface area is 394 Å². The van der Waals surface area contributed by atoms with Gasteiger partial charge in [-0.3, -0.25) is 0 Å². The minimum atomic E-state index is 0.632. The van der Waals surface area contributed by atoms with Crippen LogP contribution >= 0.6 is 47.0 Å². The second-order valence-corrected chi connectivity index (χ2v) is 21.3. The van der Waals surface area contributed by atoms with Crippen molar-refractivity contribution in [2.24, 2.45) is 0 Å². The maximum absolute atomic E-state index is 5.41. The lowest BCUT2D eigenvalue weighted by molar-refractivity contribution is 0.778. The van der Waals surface area contributed by atoms with Gasteiger partial charge in [-0.05, 0) is 121 Å². The highest BCUT2D eigenvalue weighted by Crippen LogP contribution is 2.41. The van der Waals surface area contributed by atoms with E-state index in [1.165, 1.54) is 96.6 Å². The molecule has 0 unspecified atom stereocenters. The molecule has 0 amide bonds. The summed E-state index contributed by atoms with van der Waals surface area (Å²) in [6.07, 6.45) is 14.5. The van der Waals surface area contributed by atoms with Crippen LogP contribution in [0.25, 0.3) is 89.7 Å². The fraction of sp³-hybridized carbons (Fsp3) is 0.385. The van der Waals surface area contributed by atoms with Crippen molar-refractivity contribution in [1.29, 1.82) is 0 Å². The maximum Gasteiger partial charge on any atom is 0.164 e. The van der Waals surface area contributed by atoms with Gasteiger partial charge in [-0.15, -0.1) is 47.0 Å². The molecule has 2 N–H and O–H groups in total. The maximum atomic E-state index is 5.41. The number of aromatic amines is 2. The molecule has 2 aliphatic heterocycles. The van der Waals surface area contributed by atoms with Crippen molar-refractivity contribution < 1.29 is 0 Å². The van der Waals surface area contributed by atoms with Crippen molar-refractivity contribution in [3.8, 4) is 45.6 Å². The van der Waals surface area contributed by atoms with Crippen molar-refractivity contribution in [1.82, 2.24) is 39.9 Å². The van der Waals surface area contributed by atoms with Gasteiger partial charge in [-0.2, -0.15) is 0 Å². The fourth-order valence-electron chi connectivity index (χ4n) is 8.24. The van der Waals surface area contributed by atoms with E-state index in [1.54, 1.807) is 0 Å². The average Bonchev–Trinajstić information content (AvgIpc) is 4.04. The number of benzene rings is 4. The van der Waals surface area contributed by atoms with Crippen LogP contribution in [-0.4, -0.2) is 62.9 Å². The third-order valence-electron chi connectivity index (χ3n) is 11.8. The first kappa shape index (κ1) is 44.8. The summed E-state index contributed by atoms with van der Waals surface area (Å²) in [6.45, 7) is 9.02. The number of rotatable bonds is 20. The molecule has 0 saturated carbocycles. The molecule has 0 aliphatic carbocycles. The summed E-state index contributed by atoms with van der Waals surface area (Å²) in [7, 11) is 0. The van der Waals surface area contributed by atoms with Gasteiger partial charge in [0.2, 0.25) is 0 Å². The van der Waals surface area contributed by atoms with E-state index in [0.29, 0.717) is 23.3 Å². The van der Waals surface area contributed by atoms with E-state index in [9.17, 15) is 0 Å². The number of fused-ring (bicyclic) bond motifs is 20. The zero-order valence-electron chi connectivity index (χ0n) is 37.6. The molecule has 8 bridgehead atoms. The van der Waals surface area contributed by atoms with Crippen LogP contribution in [0.4, 0.5) is 0 Å². The second-order valence-electron chi connectivity index (χ2n) is 16.7. The van der Waals surface area contributed by atoms with Crippen LogP contribution in [0.5, 0.6) is 0 Å². The summed E-state index contributed by atoms with van der Waals surface area (Å²) in [6, 6.07) is 26.6. The smallest absolute Gasteiger partial charge is 0.164 e. The third kappa shape index (κ3) is 10.1. The molecule has 0 atom stereocenters. The first-order valence-corrected chi connectivity index (χ1v) is 27.4. The van der Waals surface area contributed by atoms with E-state index >= 15 is 0 Å². The predicted molar refractivity (Wildman–Crippen MR) is 277 cm³/mol. The van der Waals surface area contributed by atoms with Crippen molar-refractivity contribution >= 4 is 91.2 Å². The molecular weight excluding hydrogens is 865 g/mol. The van der Waals surface area contributed by atoms with E-state index in [1.807, 2.05) is 47.0 Å². The highest BCUT2D eigenvalue weighted by atomic mass is 32.2. The Morgan fingerprint density at radius 1 is 0.328 bits per heavy atom. The topological polar surface area (TPSA) is 109 Å². The Morgan fingerprint density at radius 2 is 0.641 bits per heavy atom. The number of nitrogens with one attached hydrogen (secondary N) is 2. The van der Waals surface area contributed by atoms with Crippen LogP contribution in [0.3, 0.4) is 0 Å². The van der Waals surface area contributed by atoms with Gasteiger partial charge in [0.1, 0.15) is 22.6 Å². The van der Waals surface area contributed by atoms with Gasteiger partial charge in [0.15, 0.2) is 23.3 Å². The second kappa shape index (κ2) is 21.3. The van der Waals surface area contributed by atoms with Crippen LogP contribution in [0.1, 0.15) is 105 Å². The first-order chi connectivity index (χ1) is 31.5. The zero-order chi connectivity index (χ0) is 43.8. The van der Waals surface area contributed by atoms with E-state index in [0.717, 1.165) is 89.4 Å². The minimum absolute atomic E-state index is 0.632. The number of thioether (sulfide) groups is 4. The molecule has 7 aromatic rings. The molecule has 0 radical (unpaired) electrons. The molecule has 12 heteroatoms. The molecule has 5 heterocycles. The molecule has 9 rings (SSSR count). The Bertz CT molecular complexity index is 2940. The predicted octanol–water partition coefficient (Wildman–Crippen LogP) is 16.0. The first-order valence-electron chi connectivity index (χ1n) is 23.4. The molecule has 64 heavy (non-hydrogen) atoms. The van der Waals surface area contributed by atoms with E-state index in [-0.39, 0.29) is 0 Å². The van der Waals surface area contributed by atoms with E-state index in [2.05, 4.69) is 110 Å². The van der Waals surface area contributed by atoms with Crippen molar-refractivity contribution in [2.75, 3.05) is 23.0 Å². The van der Waals surface area contributed by atoms with Gasteiger partial charge < -0.3 is 9.97 Å². The molecule has 0 saturated heterocycles. The molecule has 4 aromatic carbocycles. The Balaban J connectivity index is 1.29. The van der Waals surface area contributed by atoms with Crippen LogP contribution in [0.2, 0.25) is 0 Å². The molecule has 3 aromatic heterocycles. The average molecular weight is 923 g/mol. The standard InChI is InChI=1S/C52H58N8S4/c1-5-9-13-25-61-33-17-21-37-41(29-33)49-54-45(37)53-46-38-22-18-35(63-27-15-11-7-3)31-43(38)51(55-46)60-52-44-32-36(64-28-16-12-8-4)20-24-40(44)48(59-52)58-50-42-30-34(62-26-14-10-6-2)19-23-39(42)47(56-49)57-50/h17-24,29-32H,5-16,25-28H2,1-4H3,(H2,53,54,55,56,57,58,59,60).